The van der Waals surface area contributed by atoms with Crippen molar-refractivity contribution >= 4 is 29.7 Å². The van der Waals surface area contributed by atoms with E-state index in [1.807, 2.05) is 0 Å². The fourth-order valence-electron chi connectivity index (χ4n) is 3.12. The zero-order valence-electron chi connectivity index (χ0n) is 19.9. The first kappa shape index (κ1) is 31.2. The highest BCUT2D eigenvalue weighted by molar-refractivity contribution is 5.94. The van der Waals surface area contributed by atoms with Gasteiger partial charge in [0.1, 0.15) is 18.1 Å². The van der Waals surface area contributed by atoms with E-state index in [9.17, 15) is 29.1 Å². The fourth-order valence-corrected chi connectivity index (χ4v) is 3.12. The fraction of sp³-hybridized carbons (Fsp3) is 0.762. The number of carbonyl (C=O) groups excluding carboxylic acids is 3. The molecule has 0 aromatic carbocycles. The highest BCUT2D eigenvalue weighted by Crippen LogP contribution is 2.08. The number of carboxylic acid groups (broad SMARTS) is 2. The molecule has 0 aliphatic rings. The largest absolute Gasteiger partial charge is 0.481 e. The molecule has 4 atom stereocenters. The topological polar surface area (TPSA) is 240 Å². The highest BCUT2D eigenvalue weighted by Gasteiger charge is 2.31. The molecule has 0 bridgehead atoms. The average Bonchev–Trinajstić information content (AvgIpc) is 2.74. The summed E-state index contributed by atoms with van der Waals surface area (Å²) in [6, 6.07) is -4.62. The van der Waals surface area contributed by atoms with Crippen LogP contribution in [-0.4, -0.2) is 77.1 Å². The third kappa shape index (κ3) is 12.5. The molecule has 0 aliphatic heterocycles. The first-order valence-corrected chi connectivity index (χ1v) is 11.5. The summed E-state index contributed by atoms with van der Waals surface area (Å²) in [7, 11) is 0. The van der Waals surface area contributed by atoms with Gasteiger partial charge in [-0.05, 0) is 57.5 Å². The monoisotopic (exact) mass is 488 g/mol. The minimum atomic E-state index is -1.35. The van der Waals surface area contributed by atoms with E-state index in [4.69, 9.17) is 22.3 Å². The molecule has 0 aliphatic carbocycles. The van der Waals surface area contributed by atoms with Crippen LogP contribution in [0.15, 0.2) is 0 Å². The molecule has 4 unspecified atom stereocenters. The second-order valence-corrected chi connectivity index (χ2v) is 8.46. The molecule has 0 spiro atoms. The summed E-state index contributed by atoms with van der Waals surface area (Å²) < 4.78 is 0. The summed E-state index contributed by atoms with van der Waals surface area (Å²) in [5, 5.41) is 25.7. The van der Waals surface area contributed by atoms with Gasteiger partial charge in [-0.3, -0.25) is 19.2 Å². The maximum atomic E-state index is 12.9. The van der Waals surface area contributed by atoms with Crippen LogP contribution in [0, 0.1) is 5.92 Å². The van der Waals surface area contributed by atoms with Crippen molar-refractivity contribution in [3.63, 3.8) is 0 Å². The van der Waals surface area contributed by atoms with Crippen molar-refractivity contribution in [1.29, 1.82) is 0 Å². The molecule has 0 saturated carbocycles. The van der Waals surface area contributed by atoms with Crippen LogP contribution < -0.4 is 33.2 Å². The number of carbonyl (C=O) groups is 5. The minimum Gasteiger partial charge on any atom is -0.481 e. The van der Waals surface area contributed by atoms with Crippen LogP contribution >= 0.6 is 0 Å². The first-order valence-electron chi connectivity index (χ1n) is 11.5. The molecule has 196 valence electrons. The molecule has 0 radical (unpaired) electrons. The molecule has 0 saturated heterocycles. The van der Waals surface area contributed by atoms with Gasteiger partial charge in [0.15, 0.2) is 0 Å². The lowest BCUT2D eigenvalue weighted by Crippen LogP contribution is -2.58. The summed E-state index contributed by atoms with van der Waals surface area (Å²) in [6.07, 6.45) is 2.00. The second kappa shape index (κ2) is 16.8. The van der Waals surface area contributed by atoms with Gasteiger partial charge in [-0.25, -0.2) is 4.79 Å². The second-order valence-electron chi connectivity index (χ2n) is 8.46. The van der Waals surface area contributed by atoms with E-state index in [-0.39, 0.29) is 12.8 Å². The van der Waals surface area contributed by atoms with Crippen molar-refractivity contribution < 1.29 is 34.2 Å². The number of nitrogens with one attached hydrogen (secondary N) is 3. The van der Waals surface area contributed by atoms with Gasteiger partial charge in [0.05, 0.1) is 12.5 Å². The number of unbranched alkanes of at least 4 members (excludes halogenated alkanes) is 2. The van der Waals surface area contributed by atoms with Crippen LogP contribution in [0.25, 0.3) is 0 Å². The van der Waals surface area contributed by atoms with E-state index in [1.165, 1.54) is 0 Å². The summed E-state index contributed by atoms with van der Waals surface area (Å²) in [6.45, 7) is 4.10. The Kier molecular flexibility index (Phi) is 15.4. The number of rotatable bonds is 18. The molecule has 0 rings (SSSR count). The molecule has 0 heterocycles. The number of hydrogen-bond acceptors (Lipinski definition) is 8. The molecule has 0 fully saturated rings. The average molecular weight is 489 g/mol. The van der Waals surface area contributed by atoms with E-state index in [1.54, 1.807) is 13.8 Å². The standard InChI is InChI=1S/C21H40N6O7/c1-12(2)17(27-18(30)13(24)11-16(28)29)20(32)25-14(7-3-5-9-22)19(31)26-15(21(33)34)8-4-6-10-23/h12-15,17H,3-11,22-24H2,1-2H3,(H,25,32)(H,26,31)(H,27,30)(H,28,29)(H,33,34). The van der Waals surface area contributed by atoms with Crippen molar-refractivity contribution in [2.75, 3.05) is 13.1 Å². The van der Waals surface area contributed by atoms with Crippen LogP contribution in [0.1, 0.15) is 58.8 Å². The van der Waals surface area contributed by atoms with Crippen LogP contribution in [0.3, 0.4) is 0 Å². The van der Waals surface area contributed by atoms with Gasteiger partial charge in [-0.2, -0.15) is 0 Å². The lowest BCUT2D eigenvalue weighted by molar-refractivity contribution is -0.142. The quantitative estimate of drug-likeness (QED) is 0.101. The van der Waals surface area contributed by atoms with Crippen molar-refractivity contribution in [3.05, 3.63) is 0 Å². The predicted molar refractivity (Wildman–Crippen MR) is 124 cm³/mol. The third-order valence-electron chi connectivity index (χ3n) is 5.12. The lowest BCUT2D eigenvalue weighted by Gasteiger charge is -2.27. The summed E-state index contributed by atoms with van der Waals surface area (Å²) >= 11 is 0. The Morgan fingerprint density at radius 2 is 1.24 bits per heavy atom. The third-order valence-corrected chi connectivity index (χ3v) is 5.12. The molecule has 0 aromatic heterocycles. The lowest BCUT2D eigenvalue weighted by atomic mass is 10.0. The predicted octanol–water partition coefficient (Wildman–Crippen LogP) is -1.76. The molecule has 13 nitrogen and oxygen atoms in total. The SMILES string of the molecule is CC(C)C(NC(=O)C(N)CC(=O)O)C(=O)NC(CCCCN)C(=O)NC(CCCCN)C(=O)O. The molecule has 13 heteroatoms. The molecular formula is C21H40N6O7. The molecule has 3 amide bonds. The normalized spacial score (nSPS) is 14.5. The van der Waals surface area contributed by atoms with Crippen molar-refractivity contribution in [3.8, 4) is 0 Å². The Morgan fingerprint density at radius 1 is 0.735 bits per heavy atom. The summed E-state index contributed by atoms with van der Waals surface area (Å²) in [5.41, 5.74) is 16.5. The van der Waals surface area contributed by atoms with Gasteiger partial charge in [0, 0.05) is 0 Å². The van der Waals surface area contributed by atoms with E-state index in [0.29, 0.717) is 38.8 Å². The first-order chi connectivity index (χ1) is 15.9. The van der Waals surface area contributed by atoms with Crippen molar-refractivity contribution in [2.24, 2.45) is 23.1 Å². The van der Waals surface area contributed by atoms with Gasteiger partial charge in [0.2, 0.25) is 17.7 Å². The summed E-state index contributed by atoms with van der Waals surface area (Å²) in [5.74, 6) is -5.01. The van der Waals surface area contributed by atoms with Crippen LogP contribution in [0.5, 0.6) is 0 Å². The van der Waals surface area contributed by atoms with Crippen molar-refractivity contribution in [1.82, 2.24) is 16.0 Å². The minimum absolute atomic E-state index is 0.188. The number of amides is 3. The zero-order valence-corrected chi connectivity index (χ0v) is 19.9. The van der Waals surface area contributed by atoms with Crippen LogP contribution in [0.4, 0.5) is 0 Å². The van der Waals surface area contributed by atoms with Gasteiger partial charge in [0.25, 0.3) is 0 Å². The highest BCUT2D eigenvalue weighted by atomic mass is 16.4. The molecule has 11 N–H and O–H groups in total. The smallest absolute Gasteiger partial charge is 0.326 e. The Hall–Kier alpha value is -2.77. The number of aliphatic carboxylic acids is 2. The van der Waals surface area contributed by atoms with Crippen LogP contribution in [0.2, 0.25) is 0 Å². The maximum absolute atomic E-state index is 12.9. The van der Waals surface area contributed by atoms with Gasteiger partial charge in [-0.1, -0.05) is 13.8 Å². The Morgan fingerprint density at radius 3 is 1.68 bits per heavy atom. The zero-order chi connectivity index (χ0) is 26.3. The maximum Gasteiger partial charge on any atom is 0.326 e. The van der Waals surface area contributed by atoms with E-state index >= 15 is 0 Å². The Labute approximate surface area is 199 Å². The van der Waals surface area contributed by atoms with Gasteiger partial charge >= 0.3 is 11.9 Å². The summed E-state index contributed by atoms with van der Waals surface area (Å²) in [4.78, 5) is 60.3. The Balaban J connectivity index is 5.40. The number of nitrogens with two attached hydrogens (primary N) is 3. The van der Waals surface area contributed by atoms with Crippen LogP contribution in [-0.2, 0) is 24.0 Å². The molecule has 0 aromatic rings. The molecule has 34 heavy (non-hydrogen) atoms. The van der Waals surface area contributed by atoms with Gasteiger partial charge in [-0.15, -0.1) is 0 Å². The van der Waals surface area contributed by atoms with E-state index in [2.05, 4.69) is 16.0 Å². The number of carboxylic acids is 2. The van der Waals surface area contributed by atoms with Crippen molar-refractivity contribution in [2.45, 2.75) is 83.0 Å². The Bertz CT molecular complexity index is 689. The van der Waals surface area contributed by atoms with Gasteiger partial charge < -0.3 is 43.4 Å². The van der Waals surface area contributed by atoms with E-state index in [0.717, 1.165) is 0 Å². The molecular weight excluding hydrogens is 448 g/mol. The number of hydrogen-bond donors (Lipinski definition) is 8. The van der Waals surface area contributed by atoms with E-state index < -0.39 is 66.2 Å².